The third-order valence-corrected chi connectivity index (χ3v) is 2.88. The summed E-state index contributed by atoms with van der Waals surface area (Å²) in [5.41, 5.74) is 0. The van der Waals surface area contributed by atoms with Gasteiger partial charge in [-0.1, -0.05) is 6.92 Å². The van der Waals surface area contributed by atoms with E-state index in [1.54, 1.807) is 6.33 Å². The van der Waals surface area contributed by atoms with E-state index in [2.05, 4.69) is 50.4 Å². The summed E-state index contributed by atoms with van der Waals surface area (Å²) >= 11 is 3.49. The number of hydrogen-bond donors (Lipinski definition) is 2. The Morgan fingerprint density at radius 1 is 1.33 bits per heavy atom. The van der Waals surface area contributed by atoms with Gasteiger partial charge >= 0.3 is 0 Å². The molecule has 0 aromatic carbocycles. The first-order valence-electron chi connectivity index (χ1n) is 5.19. The monoisotopic (exact) mass is 272 g/mol. The van der Waals surface area contributed by atoms with Crippen molar-refractivity contribution in [1.29, 1.82) is 0 Å². The quantitative estimate of drug-likeness (QED) is 0.866. The molecule has 84 valence electrons. The van der Waals surface area contributed by atoms with Gasteiger partial charge in [0.25, 0.3) is 0 Å². The van der Waals surface area contributed by atoms with Crippen LogP contribution < -0.4 is 10.6 Å². The SMILES string of the molecule is CCNc1ncnc(NC(C)CC)c1Br. The first-order valence-corrected chi connectivity index (χ1v) is 5.99. The van der Waals surface area contributed by atoms with Gasteiger partial charge in [-0.25, -0.2) is 9.97 Å². The van der Waals surface area contributed by atoms with E-state index < -0.39 is 0 Å². The molecule has 2 N–H and O–H groups in total. The summed E-state index contributed by atoms with van der Waals surface area (Å²) in [7, 11) is 0. The average Bonchev–Trinajstić information content (AvgIpc) is 2.24. The second-order valence-corrected chi connectivity index (χ2v) is 4.16. The minimum atomic E-state index is 0.408. The van der Waals surface area contributed by atoms with E-state index in [0.717, 1.165) is 29.1 Å². The molecule has 1 rings (SSSR count). The highest BCUT2D eigenvalue weighted by Gasteiger charge is 2.09. The first-order chi connectivity index (χ1) is 7.19. The Labute approximate surface area is 99.0 Å². The van der Waals surface area contributed by atoms with Gasteiger partial charge in [-0.15, -0.1) is 0 Å². The van der Waals surface area contributed by atoms with E-state index in [1.807, 2.05) is 6.92 Å². The Balaban J connectivity index is 2.84. The largest absolute Gasteiger partial charge is 0.369 e. The van der Waals surface area contributed by atoms with Crippen LogP contribution in [0.25, 0.3) is 0 Å². The summed E-state index contributed by atoms with van der Waals surface area (Å²) < 4.78 is 0.896. The predicted molar refractivity (Wildman–Crippen MR) is 67.3 cm³/mol. The Hall–Kier alpha value is -0.840. The molecule has 1 heterocycles. The van der Waals surface area contributed by atoms with Crippen molar-refractivity contribution in [2.75, 3.05) is 17.2 Å². The molecule has 0 saturated carbocycles. The molecule has 0 aliphatic rings. The minimum Gasteiger partial charge on any atom is -0.369 e. The fraction of sp³-hybridized carbons (Fsp3) is 0.600. The van der Waals surface area contributed by atoms with Crippen LogP contribution in [0.5, 0.6) is 0 Å². The highest BCUT2D eigenvalue weighted by molar-refractivity contribution is 9.10. The van der Waals surface area contributed by atoms with Gasteiger partial charge in [0, 0.05) is 12.6 Å². The van der Waals surface area contributed by atoms with E-state index in [1.165, 1.54) is 0 Å². The average molecular weight is 273 g/mol. The van der Waals surface area contributed by atoms with Crippen LogP contribution in [-0.2, 0) is 0 Å². The van der Waals surface area contributed by atoms with Crippen LogP contribution in [0.4, 0.5) is 11.6 Å². The zero-order valence-corrected chi connectivity index (χ0v) is 10.9. The highest BCUT2D eigenvalue weighted by Crippen LogP contribution is 2.26. The maximum absolute atomic E-state index is 4.20. The molecule has 1 unspecified atom stereocenters. The molecule has 0 bridgehead atoms. The molecule has 0 aliphatic carbocycles. The minimum absolute atomic E-state index is 0.408. The lowest BCUT2D eigenvalue weighted by atomic mass is 10.2. The number of hydrogen-bond acceptors (Lipinski definition) is 4. The number of rotatable bonds is 5. The summed E-state index contributed by atoms with van der Waals surface area (Å²) in [5, 5.41) is 6.49. The second-order valence-electron chi connectivity index (χ2n) is 3.37. The number of aromatic nitrogens is 2. The van der Waals surface area contributed by atoms with Crippen LogP contribution in [0.3, 0.4) is 0 Å². The molecule has 1 atom stereocenters. The van der Waals surface area contributed by atoms with Crippen molar-refractivity contribution in [2.45, 2.75) is 33.2 Å². The standard InChI is InChI=1S/C10H17BrN4/c1-4-7(3)15-10-8(11)9(12-5-2)13-6-14-10/h6-7H,4-5H2,1-3H3,(H2,12,13,14,15). The molecule has 1 aromatic heterocycles. The van der Waals surface area contributed by atoms with Crippen molar-refractivity contribution >= 4 is 27.6 Å². The van der Waals surface area contributed by atoms with Crippen LogP contribution in [0.1, 0.15) is 27.2 Å². The molecule has 5 heteroatoms. The normalized spacial score (nSPS) is 12.3. The lowest BCUT2D eigenvalue weighted by molar-refractivity contribution is 0.757. The van der Waals surface area contributed by atoms with E-state index in [4.69, 9.17) is 0 Å². The molecule has 0 amide bonds. The van der Waals surface area contributed by atoms with Crippen molar-refractivity contribution in [3.8, 4) is 0 Å². The van der Waals surface area contributed by atoms with Gasteiger partial charge in [0.05, 0.1) is 0 Å². The number of nitrogens with one attached hydrogen (secondary N) is 2. The third-order valence-electron chi connectivity index (χ3n) is 2.13. The highest BCUT2D eigenvalue weighted by atomic mass is 79.9. The Kier molecular flexibility index (Phi) is 4.81. The van der Waals surface area contributed by atoms with E-state index >= 15 is 0 Å². The van der Waals surface area contributed by atoms with Crippen LogP contribution >= 0.6 is 15.9 Å². The van der Waals surface area contributed by atoms with Gasteiger partial charge < -0.3 is 10.6 Å². The fourth-order valence-corrected chi connectivity index (χ4v) is 1.56. The van der Waals surface area contributed by atoms with Crippen molar-refractivity contribution in [3.63, 3.8) is 0 Å². The Morgan fingerprint density at radius 3 is 2.60 bits per heavy atom. The Bertz CT molecular complexity index is 316. The number of anilines is 2. The molecule has 1 aromatic rings. The maximum Gasteiger partial charge on any atom is 0.146 e. The summed E-state index contributed by atoms with van der Waals surface area (Å²) in [5.74, 6) is 1.67. The van der Waals surface area contributed by atoms with Gasteiger partial charge in [0.1, 0.15) is 22.4 Å². The molecule has 0 radical (unpaired) electrons. The molecular formula is C10H17BrN4. The number of nitrogens with zero attached hydrogens (tertiary/aromatic N) is 2. The topological polar surface area (TPSA) is 49.8 Å². The van der Waals surface area contributed by atoms with Crippen molar-refractivity contribution in [1.82, 2.24) is 9.97 Å². The molecule has 0 spiro atoms. The number of halogens is 1. The van der Waals surface area contributed by atoms with Crippen LogP contribution in [0.2, 0.25) is 0 Å². The second kappa shape index (κ2) is 5.90. The lowest BCUT2D eigenvalue weighted by Gasteiger charge is -2.14. The van der Waals surface area contributed by atoms with Crippen molar-refractivity contribution < 1.29 is 0 Å². The summed E-state index contributed by atoms with van der Waals surface area (Å²) in [6.07, 6.45) is 2.63. The van der Waals surface area contributed by atoms with E-state index in [-0.39, 0.29) is 0 Å². The molecule has 0 aliphatic heterocycles. The van der Waals surface area contributed by atoms with Gasteiger partial charge in [-0.05, 0) is 36.2 Å². The molecular weight excluding hydrogens is 256 g/mol. The predicted octanol–water partition coefficient (Wildman–Crippen LogP) is 2.88. The summed E-state index contributed by atoms with van der Waals surface area (Å²) in [6.45, 7) is 7.15. The van der Waals surface area contributed by atoms with Gasteiger partial charge in [-0.2, -0.15) is 0 Å². The lowest BCUT2D eigenvalue weighted by Crippen LogP contribution is -2.15. The smallest absolute Gasteiger partial charge is 0.146 e. The van der Waals surface area contributed by atoms with E-state index in [0.29, 0.717) is 6.04 Å². The van der Waals surface area contributed by atoms with E-state index in [9.17, 15) is 0 Å². The summed E-state index contributed by atoms with van der Waals surface area (Å²) in [4.78, 5) is 8.35. The van der Waals surface area contributed by atoms with Gasteiger partial charge in [-0.3, -0.25) is 0 Å². The van der Waals surface area contributed by atoms with Crippen molar-refractivity contribution in [3.05, 3.63) is 10.8 Å². The Morgan fingerprint density at radius 2 is 2.00 bits per heavy atom. The van der Waals surface area contributed by atoms with Crippen LogP contribution in [-0.4, -0.2) is 22.6 Å². The van der Waals surface area contributed by atoms with Gasteiger partial charge in [0.15, 0.2) is 0 Å². The first kappa shape index (κ1) is 12.2. The third kappa shape index (κ3) is 3.34. The molecule has 0 fully saturated rings. The summed E-state index contributed by atoms with van der Waals surface area (Å²) in [6, 6.07) is 0.408. The van der Waals surface area contributed by atoms with Crippen LogP contribution in [0, 0.1) is 0 Å². The zero-order chi connectivity index (χ0) is 11.3. The molecule has 4 nitrogen and oxygen atoms in total. The van der Waals surface area contributed by atoms with Crippen LogP contribution in [0.15, 0.2) is 10.8 Å². The zero-order valence-electron chi connectivity index (χ0n) is 9.34. The van der Waals surface area contributed by atoms with Gasteiger partial charge in [0.2, 0.25) is 0 Å². The maximum atomic E-state index is 4.20. The fourth-order valence-electron chi connectivity index (χ4n) is 1.10. The van der Waals surface area contributed by atoms with Crippen molar-refractivity contribution in [2.24, 2.45) is 0 Å². The molecule has 15 heavy (non-hydrogen) atoms. The molecule has 0 saturated heterocycles.